The fraction of sp³-hybridized carbons (Fsp3) is 0.714. The Hall–Kier alpha value is -1.61. The molecule has 3 N–H and O–H groups in total. The summed E-state index contributed by atoms with van der Waals surface area (Å²) in [4.78, 5) is 12.8. The van der Waals surface area contributed by atoms with Gasteiger partial charge >= 0.3 is 6.09 Å². The molecule has 2 rings (SSSR count). The van der Waals surface area contributed by atoms with Gasteiger partial charge in [0.1, 0.15) is 4.90 Å². The second-order valence-electron chi connectivity index (χ2n) is 6.78. The van der Waals surface area contributed by atoms with Gasteiger partial charge in [-0.05, 0) is 46.0 Å². The number of nitrogens with zero attached hydrogens (tertiary/aromatic N) is 3. The van der Waals surface area contributed by atoms with E-state index in [1.54, 1.807) is 11.6 Å². The number of aryl methyl sites for hydroxylation is 1. The topological polar surface area (TPSA) is 119 Å². The van der Waals surface area contributed by atoms with Crippen molar-refractivity contribution in [2.24, 2.45) is 11.1 Å². The van der Waals surface area contributed by atoms with Crippen molar-refractivity contribution in [2.75, 3.05) is 6.54 Å². The number of rotatable bonds is 5. The Morgan fingerprint density at radius 3 is 2.65 bits per heavy atom. The Kier molecular flexibility index (Phi) is 4.72. The van der Waals surface area contributed by atoms with Gasteiger partial charge in [0.25, 0.3) is 0 Å². The van der Waals surface area contributed by atoms with Gasteiger partial charge in [-0.2, -0.15) is 5.10 Å². The highest BCUT2D eigenvalue weighted by molar-refractivity contribution is 7.89. The lowest BCUT2D eigenvalue weighted by Crippen LogP contribution is -2.41. The Morgan fingerprint density at radius 2 is 2.17 bits per heavy atom. The number of likely N-dealkylation sites (tertiary alicyclic amines) is 1. The molecular formula is C14H24N4O4S. The molecule has 0 spiro atoms. The minimum Gasteiger partial charge on any atom is -0.465 e. The number of nitrogens with two attached hydrogens (primary N) is 1. The van der Waals surface area contributed by atoms with Crippen LogP contribution in [0.5, 0.6) is 0 Å². The van der Waals surface area contributed by atoms with Gasteiger partial charge in [0, 0.05) is 18.6 Å². The van der Waals surface area contributed by atoms with Gasteiger partial charge in [-0.15, -0.1) is 0 Å². The Morgan fingerprint density at radius 1 is 1.52 bits per heavy atom. The van der Waals surface area contributed by atoms with Crippen LogP contribution in [-0.4, -0.2) is 46.4 Å². The average molecular weight is 344 g/mol. The maximum absolute atomic E-state index is 11.4. The zero-order valence-corrected chi connectivity index (χ0v) is 14.5. The molecule has 1 amide bonds. The van der Waals surface area contributed by atoms with E-state index in [2.05, 4.69) is 5.10 Å². The Bertz CT molecular complexity index is 696. The average Bonchev–Trinajstić information content (AvgIpc) is 2.89. The van der Waals surface area contributed by atoms with Crippen LogP contribution in [-0.2, 0) is 16.6 Å². The second kappa shape index (κ2) is 6.12. The molecule has 1 fully saturated rings. The summed E-state index contributed by atoms with van der Waals surface area (Å²) in [6.45, 7) is 6.69. The van der Waals surface area contributed by atoms with E-state index in [1.165, 1.54) is 11.1 Å². The fourth-order valence-corrected chi connectivity index (χ4v) is 4.09. The molecule has 1 aliphatic rings. The molecule has 23 heavy (non-hydrogen) atoms. The van der Waals surface area contributed by atoms with Gasteiger partial charge < -0.3 is 10.0 Å². The van der Waals surface area contributed by atoms with Gasteiger partial charge in [0.15, 0.2) is 0 Å². The minimum atomic E-state index is -3.74. The summed E-state index contributed by atoms with van der Waals surface area (Å²) in [7, 11) is -3.74. The maximum atomic E-state index is 11.4. The lowest BCUT2D eigenvalue weighted by Gasteiger charge is -2.28. The van der Waals surface area contributed by atoms with Crippen LogP contribution in [0.4, 0.5) is 4.79 Å². The molecule has 1 unspecified atom stereocenters. The molecule has 1 aliphatic heterocycles. The molecule has 2 heterocycles. The number of amides is 1. The van der Waals surface area contributed by atoms with E-state index in [0.29, 0.717) is 24.7 Å². The van der Waals surface area contributed by atoms with Crippen molar-refractivity contribution in [3.05, 3.63) is 11.9 Å². The highest BCUT2D eigenvalue weighted by Crippen LogP contribution is 2.35. The molecule has 0 saturated carbocycles. The van der Waals surface area contributed by atoms with Gasteiger partial charge in [-0.1, -0.05) is 0 Å². The summed E-state index contributed by atoms with van der Waals surface area (Å²) in [6.07, 6.45) is 2.91. The van der Waals surface area contributed by atoms with E-state index in [-0.39, 0.29) is 10.4 Å². The van der Waals surface area contributed by atoms with Crippen molar-refractivity contribution in [3.8, 4) is 0 Å². The summed E-state index contributed by atoms with van der Waals surface area (Å²) in [6, 6.07) is 0. The zero-order chi connectivity index (χ0) is 17.4. The smallest absolute Gasteiger partial charge is 0.407 e. The van der Waals surface area contributed by atoms with Crippen LogP contribution in [0.2, 0.25) is 0 Å². The largest absolute Gasteiger partial charge is 0.465 e. The summed E-state index contributed by atoms with van der Waals surface area (Å²) in [5.74, 6) is 0.315. The summed E-state index contributed by atoms with van der Waals surface area (Å²) in [5.41, 5.74) is 0.199. The predicted molar refractivity (Wildman–Crippen MR) is 84.5 cm³/mol. The number of carbonyl (C=O) groups is 1. The molecule has 1 aromatic heterocycles. The third-order valence-electron chi connectivity index (χ3n) is 4.54. The summed E-state index contributed by atoms with van der Waals surface area (Å²) in [5, 5.41) is 18.4. The van der Waals surface area contributed by atoms with Crippen LogP contribution >= 0.6 is 0 Å². The van der Waals surface area contributed by atoms with Gasteiger partial charge in [-0.3, -0.25) is 4.68 Å². The van der Waals surface area contributed by atoms with Crippen LogP contribution in [0.15, 0.2) is 11.1 Å². The molecule has 0 aromatic carbocycles. The van der Waals surface area contributed by atoms with E-state index in [4.69, 9.17) is 5.14 Å². The first-order valence-corrected chi connectivity index (χ1v) is 9.13. The summed E-state index contributed by atoms with van der Waals surface area (Å²) >= 11 is 0. The quantitative estimate of drug-likeness (QED) is 0.837. The number of aromatic nitrogens is 2. The predicted octanol–water partition coefficient (Wildman–Crippen LogP) is 1.40. The van der Waals surface area contributed by atoms with Crippen molar-refractivity contribution in [3.63, 3.8) is 0 Å². The van der Waals surface area contributed by atoms with E-state index in [1.807, 2.05) is 13.8 Å². The number of carboxylic acid groups (broad SMARTS) is 1. The van der Waals surface area contributed by atoms with E-state index < -0.39 is 16.1 Å². The molecule has 130 valence electrons. The summed E-state index contributed by atoms with van der Waals surface area (Å²) < 4.78 is 24.4. The van der Waals surface area contributed by atoms with E-state index >= 15 is 0 Å². The van der Waals surface area contributed by atoms with Crippen LogP contribution in [0, 0.1) is 12.8 Å². The third kappa shape index (κ3) is 3.84. The van der Waals surface area contributed by atoms with Crippen molar-refractivity contribution in [1.29, 1.82) is 0 Å². The van der Waals surface area contributed by atoms with Crippen molar-refractivity contribution < 1.29 is 18.3 Å². The molecule has 1 aromatic rings. The van der Waals surface area contributed by atoms with E-state index in [9.17, 15) is 18.3 Å². The SMILES string of the molecule is Cc1c(S(N)(=O)=O)cnn1CCCC1CN(C(=O)O)C(C)(C)C1. The lowest BCUT2D eigenvalue weighted by molar-refractivity contribution is 0.117. The van der Waals surface area contributed by atoms with Crippen molar-refractivity contribution in [2.45, 2.75) is 57.0 Å². The second-order valence-corrected chi connectivity index (χ2v) is 8.31. The number of primary sulfonamides is 1. The number of sulfonamides is 1. The normalized spacial score (nSPS) is 20.9. The number of hydrogen-bond donors (Lipinski definition) is 2. The first-order valence-electron chi connectivity index (χ1n) is 7.58. The minimum absolute atomic E-state index is 0.0524. The van der Waals surface area contributed by atoms with Crippen LogP contribution in [0.3, 0.4) is 0 Å². The monoisotopic (exact) mass is 344 g/mol. The van der Waals surface area contributed by atoms with Gasteiger partial charge in [0.05, 0.1) is 11.9 Å². The molecule has 1 saturated heterocycles. The Labute approximate surface area is 136 Å². The molecule has 8 nitrogen and oxygen atoms in total. The molecule has 0 bridgehead atoms. The Balaban J connectivity index is 1.92. The van der Waals surface area contributed by atoms with Crippen LogP contribution in [0.25, 0.3) is 0 Å². The molecule has 0 radical (unpaired) electrons. The van der Waals surface area contributed by atoms with E-state index in [0.717, 1.165) is 19.3 Å². The molecule has 1 atom stereocenters. The molecule has 9 heteroatoms. The fourth-order valence-electron chi connectivity index (χ4n) is 3.38. The highest BCUT2D eigenvalue weighted by atomic mass is 32.2. The van der Waals surface area contributed by atoms with Crippen LogP contribution in [0.1, 0.15) is 38.8 Å². The first kappa shape index (κ1) is 17.7. The standard InChI is InChI=1S/C14H24N4O4S/c1-10-12(23(15,21)22)8-16-18(10)6-4-5-11-7-14(2,3)17(9-11)13(19)20/h8,11H,4-7,9H2,1-3H3,(H,19,20)(H2,15,21,22). The van der Waals surface area contributed by atoms with Gasteiger partial charge in [0.2, 0.25) is 10.0 Å². The van der Waals surface area contributed by atoms with Gasteiger partial charge in [-0.25, -0.2) is 18.4 Å². The molecule has 0 aliphatic carbocycles. The molecular weight excluding hydrogens is 320 g/mol. The maximum Gasteiger partial charge on any atom is 0.407 e. The van der Waals surface area contributed by atoms with Crippen molar-refractivity contribution in [1.82, 2.24) is 14.7 Å². The zero-order valence-electron chi connectivity index (χ0n) is 13.7. The van der Waals surface area contributed by atoms with Crippen molar-refractivity contribution >= 4 is 16.1 Å². The van der Waals surface area contributed by atoms with Crippen LogP contribution < -0.4 is 5.14 Å². The highest BCUT2D eigenvalue weighted by Gasteiger charge is 2.40. The lowest BCUT2D eigenvalue weighted by atomic mass is 9.93. The number of hydrogen-bond acceptors (Lipinski definition) is 4. The first-order chi connectivity index (χ1) is 10.5. The third-order valence-corrected chi connectivity index (χ3v) is 5.55.